The van der Waals surface area contributed by atoms with Gasteiger partial charge in [0.1, 0.15) is 18.2 Å². The molecule has 0 bridgehead atoms. The molecule has 3 aromatic rings. The van der Waals surface area contributed by atoms with Crippen molar-refractivity contribution in [3.63, 3.8) is 0 Å². The Morgan fingerprint density at radius 2 is 2.16 bits per heavy atom. The lowest BCUT2D eigenvalue weighted by Gasteiger charge is -2.23. The summed E-state index contributed by atoms with van der Waals surface area (Å²) in [7, 11) is 1.97. The summed E-state index contributed by atoms with van der Waals surface area (Å²) >= 11 is 0. The van der Waals surface area contributed by atoms with E-state index >= 15 is 0 Å². The third-order valence-corrected chi connectivity index (χ3v) is 4.75. The van der Waals surface area contributed by atoms with Crippen LogP contribution in [0.15, 0.2) is 49.1 Å². The van der Waals surface area contributed by atoms with Crippen molar-refractivity contribution in [2.24, 2.45) is 7.05 Å². The molecule has 0 spiro atoms. The standard InChI is InChI=1S/C19H18N6/c1-24-13-22-23-19(24)16-7-9-25(12-16)18-14(10-20)4-2-6-17(18)15-5-3-8-21-11-15/h2-6,8,11,13,16H,7,9,12H2,1H3. The molecular formula is C19H18N6. The Morgan fingerprint density at radius 1 is 1.24 bits per heavy atom. The monoisotopic (exact) mass is 330 g/mol. The van der Waals surface area contributed by atoms with E-state index in [0.29, 0.717) is 11.5 Å². The van der Waals surface area contributed by atoms with Crippen LogP contribution in [0.2, 0.25) is 0 Å². The number of rotatable bonds is 3. The van der Waals surface area contributed by atoms with Crippen LogP contribution in [-0.2, 0) is 7.05 Å². The van der Waals surface area contributed by atoms with E-state index in [1.807, 2.05) is 42.1 Å². The number of hydrogen-bond acceptors (Lipinski definition) is 5. The quantitative estimate of drug-likeness (QED) is 0.738. The van der Waals surface area contributed by atoms with Crippen LogP contribution in [0.3, 0.4) is 0 Å². The molecule has 124 valence electrons. The molecule has 6 nitrogen and oxygen atoms in total. The van der Waals surface area contributed by atoms with Crippen LogP contribution < -0.4 is 4.90 Å². The molecule has 1 aliphatic heterocycles. The topological polar surface area (TPSA) is 70.6 Å². The van der Waals surface area contributed by atoms with Crippen LogP contribution >= 0.6 is 0 Å². The van der Waals surface area contributed by atoms with Crippen LogP contribution in [0.25, 0.3) is 11.1 Å². The Labute approximate surface area is 146 Å². The fourth-order valence-corrected chi connectivity index (χ4v) is 3.57. The van der Waals surface area contributed by atoms with Gasteiger partial charge >= 0.3 is 0 Å². The highest BCUT2D eigenvalue weighted by Crippen LogP contribution is 2.38. The minimum atomic E-state index is 0.320. The van der Waals surface area contributed by atoms with Gasteiger partial charge in [0.25, 0.3) is 0 Å². The second-order valence-electron chi connectivity index (χ2n) is 6.29. The van der Waals surface area contributed by atoms with Crippen molar-refractivity contribution in [2.75, 3.05) is 18.0 Å². The van der Waals surface area contributed by atoms with Gasteiger partial charge in [-0.2, -0.15) is 5.26 Å². The zero-order chi connectivity index (χ0) is 17.2. The molecule has 1 saturated heterocycles. The lowest BCUT2D eigenvalue weighted by molar-refractivity contribution is 0.663. The van der Waals surface area contributed by atoms with E-state index in [4.69, 9.17) is 0 Å². The first kappa shape index (κ1) is 15.3. The van der Waals surface area contributed by atoms with Crippen molar-refractivity contribution in [3.05, 3.63) is 60.4 Å². The molecule has 3 heterocycles. The maximum absolute atomic E-state index is 9.63. The van der Waals surface area contributed by atoms with E-state index in [-0.39, 0.29) is 0 Å². The largest absolute Gasteiger partial charge is 0.369 e. The summed E-state index contributed by atoms with van der Waals surface area (Å²) in [5, 5.41) is 17.9. The maximum Gasteiger partial charge on any atom is 0.137 e. The second-order valence-corrected chi connectivity index (χ2v) is 6.29. The van der Waals surface area contributed by atoms with Gasteiger partial charge < -0.3 is 9.47 Å². The van der Waals surface area contributed by atoms with E-state index in [1.165, 1.54) is 0 Å². The van der Waals surface area contributed by atoms with Crippen molar-refractivity contribution in [2.45, 2.75) is 12.3 Å². The SMILES string of the molecule is Cn1cnnc1C1CCN(c2c(C#N)cccc2-c2cccnc2)C1. The minimum Gasteiger partial charge on any atom is -0.369 e. The zero-order valence-electron chi connectivity index (χ0n) is 14.0. The van der Waals surface area contributed by atoms with Crippen LogP contribution in [0.4, 0.5) is 5.69 Å². The highest BCUT2D eigenvalue weighted by Gasteiger charge is 2.30. The van der Waals surface area contributed by atoms with E-state index in [1.54, 1.807) is 12.5 Å². The number of para-hydroxylation sites is 1. The Balaban J connectivity index is 1.73. The molecule has 0 saturated carbocycles. The summed E-state index contributed by atoms with van der Waals surface area (Å²) in [4.78, 5) is 6.52. The number of nitriles is 1. The number of benzene rings is 1. The molecule has 1 fully saturated rings. The van der Waals surface area contributed by atoms with Gasteiger partial charge in [-0.1, -0.05) is 18.2 Å². The Morgan fingerprint density at radius 3 is 2.88 bits per heavy atom. The fourth-order valence-electron chi connectivity index (χ4n) is 3.57. The Hall–Kier alpha value is -3.20. The molecule has 1 aromatic carbocycles. The van der Waals surface area contributed by atoms with Crippen LogP contribution in [0.1, 0.15) is 23.7 Å². The van der Waals surface area contributed by atoms with Crippen molar-refractivity contribution < 1.29 is 0 Å². The molecule has 1 atom stereocenters. The summed E-state index contributed by atoms with van der Waals surface area (Å²) in [5.41, 5.74) is 3.75. The van der Waals surface area contributed by atoms with Crippen molar-refractivity contribution in [1.82, 2.24) is 19.7 Å². The fraction of sp³-hybridized carbons (Fsp3) is 0.263. The number of anilines is 1. The zero-order valence-corrected chi connectivity index (χ0v) is 14.0. The van der Waals surface area contributed by atoms with Gasteiger partial charge in [0, 0.05) is 49.6 Å². The highest BCUT2D eigenvalue weighted by atomic mass is 15.3. The first-order valence-corrected chi connectivity index (χ1v) is 8.30. The molecule has 2 aromatic heterocycles. The highest BCUT2D eigenvalue weighted by molar-refractivity contribution is 5.82. The number of pyridine rings is 1. The van der Waals surface area contributed by atoms with Gasteiger partial charge in [0.15, 0.2) is 0 Å². The predicted molar refractivity (Wildman–Crippen MR) is 95.0 cm³/mol. The molecule has 0 aliphatic carbocycles. The minimum absolute atomic E-state index is 0.320. The van der Waals surface area contributed by atoms with Gasteiger partial charge in [0.05, 0.1) is 11.3 Å². The lowest BCUT2D eigenvalue weighted by Crippen LogP contribution is -2.21. The van der Waals surface area contributed by atoms with Crippen molar-refractivity contribution in [1.29, 1.82) is 5.26 Å². The first-order chi connectivity index (χ1) is 12.3. The Kier molecular flexibility index (Phi) is 3.90. The van der Waals surface area contributed by atoms with Gasteiger partial charge in [-0.25, -0.2) is 0 Å². The summed E-state index contributed by atoms with van der Waals surface area (Å²) < 4.78 is 1.98. The van der Waals surface area contributed by atoms with E-state index in [2.05, 4.69) is 32.2 Å². The summed E-state index contributed by atoms with van der Waals surface area (Å²) in [6.45, 7) is 1.72. The van der Waals surface area contributed by atoms with E-state index in [9.17, 15) is 5.26 Å². The Bertz CT molecular complexity index is 925. The molecule has 0 amide bonds. The number of hydrogen-bond donors (Lipinski definition) is 0. The average molecular weight is 330 g/mol. The maximum atomic E-state index is 9.63. The molecule has 6 heteroatoms. The van der Waals surface area contributed by atoms with Crippen molar-refractivity contribution in [3.8, 4) is 17.2 Å². The summed E-state index contributed by atoms with van der Waals surface area (Å²) in [6.07, 6.45) is 6.34. The summed E-state index contributed by atoms with van der Waals surface area (Å²) in [6, 6.07) is 12.2. The lowest BCUT2D eigenvalue weighted by atomic mass is 10.0. The van der Waals surface area contributed by atoms with Gasteiger partial charge in [0.2, 0.25) is 0 Å². The second kappa shape index (κ2) is 6.36. The van der Waals surface area contributed by atoms with Gasteiger partial charge in [-0.05, 0) is 18.6 Å². The molecule has 1 unspecified atom stereocenters. The third-order valence-electron chi connectivity index (χ3n) is 4.75. The van der Waals surface area contributed by atoms with E-state index in [0.717, 1.165) is 42.1 Å². The molecule has 4 rings (SSSR count). The van der Waals surface area contributed by atoms with Gasteiger partial charge in [-0.15, -0.1) is 10.2 Å². The molecule has 1 aliphatic rings. The molecule has 0 N–H and O–H groups in total. The number of aromatic nitrogens is 4. The molecular weight excluding hydrogens is 312 g/mol. The van der Waals surface area contributed by atoms with Crippen LogP contribution in [-0.4, -0.2) is 32.8 Å². The van der Waals surface area contributed by atoms with Crippen molar-refractivity contribution >= 4 is 5.69 Å². The smallest absolute Gasteiger partial charge is 0.137 e. The van der Waals surface area contributed by atoms with Gasteiger partial charge in [-0.3, -0.25) is 4.98 Å². The predicted octanol–water partition coefficient (Wildman–Crippen LogP) is 2.74. The third kappa shape index (κ3) is 2.74. The van der Waals surface area contributed by atoms with Crippen LogP contribution in [0, 0.1) is 11.3 Å². The van der Waals surface area contributed by atoms with Crippen LogP contribution in [0.5, 0.6) is 0 Å². The number of aryl methyl sites for hydroxylation is 1. The first-order valence-electron chi connectivity index (χ1n) is 8.30. The number of nitrogens with zero attached hydrogens (tertiary/aromatic N) is 6. The molecule has 0 radical (unpaired) electrons. The summed E-state index contributed by atoms with van der Waals surface area (Å²) in [5.74, 6) is 1.32. The normalized spacial score (nSPS) is 16.8. The van der Waals surface area contributed by atoms with E-state index < -0.39 is 0 Å². The molecule has 25 heavy (non-hydrogen) atoms. The average Bonchev–Trinajstić information content (AvgIpc) is 3.30.